The molecule has 0 aliphatic carbocycles. The van der Waals surface area contributed by atoms with Gasteiger partial charge >= 0.3 is 0 Å². The third kappa shape index (κ3) is 2.83. The molecule has 0 amide bonds. The minimum atomic E-state index is -2.81. The smallest absolute Gasteiger partial charge is 0.153 e. The summed E-state index contributed by atoms with van der Waals surface area (Å²) in [6, 6.07) is 0. The van der Waals surface area contributed by atoms with E-state index < -0.39 is 9.84 Å². The van der Waals surface area contributed by atoms with Crippen LogP contribution in [0.3, 0.4) is 0 Å². The van der Waals surface area contributed by atoms with E-state index in [1.807, 2.05) is 0 Å². The lowest BCUT2D eigenvalue weighted by molar-refractivity contribution is 0.450. The van der Waals surface area contributed by atoms with Crippen molar-refractivity contribution in [1.82, 2.24) is 0 Å². The molecule has 2 aliphatic rings. The maximum Gasteiger partial charge on any atom is 0.153 e. The molecule has 0 aromatic rings. The van der Waals surface area contributed by atoms with Crippen molar-refractivity contribution in [2.45, 2.75) is 50.2 Å². The van der Waals surface area contributed by atoms with E-state index in [9.17, 15) is 8.42 Å². The second-order valence-electron chi connectivity index (χ2n) is 4.87. The van der Waals surface area contributed by atoms with Crippen LogP contribution in [0.2, 0.25) is 0 Å². The predicted octanol–water partition coefficient (Wildman–Crippen LogP) is 2.70. The molecule has 2 aliphatic heterocycles. The van der Waals surface area contributed by atoms with Crippen LogP contribution in [0.25, 0.3) is 0 Å². The van der Waals surface area contributed by atoms with Crippen molar-refractivity contribution in [2.75, 3.05) is 5.75 Å². The molecule has 0 aromatic carbocycles. The minimum Gasteiger partial charge on any atom is -0.229 e. The summed E-state index contributed by atoms with van der Waals surface area (Å²) in [4.78, 5) is 0. The van der Waals surface area contributed by atoms with Gasteiger partial charge in [-0.15, -0.1) is 0 Å². The number of hydrogen-bond donors (Lipinski definition) is 0. The Morgan fingerprint density at radius 3 is 2.53 bits per heavy atom. The molecule has 0 saturated carbocycles. The number of allylic oxidation sites excluding steroid dienone is 2. The van der Waals surface area contributed by atoms with Crippen LogP contribution < -0.4 is 0 Å². The number of hydrogen-bond acceptors (Lipinski definition) is 2. The first-order valence-electron chi connectivity index (χ1n) is 6.05. The molecule has 3 heteroatoms. The molecule has 1 saturated heterocycles. The van der Waals surface area contributed by atoms with E-state index in [0.29, 0.717) is 11.7 Å². The molecule has 0 N–H and O–H groups in total. The molecule has 2 bridgehead atoms. The summed E-state index contributed by atoms with van der Waals surface area (Å²) in [6.45, 7) is 0. The molecule has 2 atom stereocenters. The van der Waals surface area contributed by atoms with Crippen molar-refractivity contribution in [1.29, 1.82) is 0 Å². The fourth-order valence-corrected chi connectivity index (χ4v) is 4.59. The first-order chi connectivity index (χ1) is 7.18. The van der Waals surface area contributed by atoms with Gasteiger partial charge in [0.25, 0.3) is 0 Å². The molecule has 0 spiro atoms. The van der Waals surface area contributed by atoms with E-state index in [-0.39, 0.29) is 5.25 Å². The topological polar surface area (TPSA) is 34.1 Å². The first-order valence-corrected chi connectivity index (χ1v) is 7.76. The van der Waals surface area contributed by atoms with Crippen LogP contribution in [0.5, 0.6) is 0 Å². The SMILES string of the molecule is O=S1(=O)CCC2C/C=C\CC1CCCC2. The van der Waals surface area contributed by atoms with Crippen molar-refractivity contribution < 1.29 is 8.42 Å². The van der Waals surface area contributed by atoms with Crippen LogP contribution in [0.4, 0.5) is 0 Å². The normalized spacial score (nSPS) is 38.1. The second kappa shape index (κ2) is 4.69. The Kier molecular flexibility index (Phi) is 3.49. The van der Waals surface area contributed by atoms with Gasteiger partial charge < -0.3 is 0 Å². The van der Waals surface area contributed by atoms with Crippen LogP contribution >= 0.6 is 0 Å². The Morgan fingerprint density at radius 1 is 0.933 bits per heavy atom. The highest BCUT2D eigenvalue weighted by atomic mass is 32.2. The molecule has 2 unspecified atom stereocenters. The van der Waals surface area contributed by atoms with Crippen molar-refractivity contribution in [2.24, 2.45) is 5.92 Å². The maximum absolute atomic E-state index is 12.0. The van der Waals surface area contributed by atoms with Crippen LogP contribution in [-0.2, 0) is 9.84 Å². The summed E-state index contributed by atoms with van der Waals surface area (Å²) in [6.07, 6.45) is 11.4. The Bertz CT molecular complexity index is 330. The highest BCUT2D eigenvalue weighted by molar-refractivity contribution is 7.92. The number of sulfone groups is 1. The first kappa shape index (κ1) is 11.2. The van der Waals surface area contributed by atoms with Crippen molar-refractivity contribution in [3.05, 3.63) is 12.2 Å². The lowest BCUT2D eigenvalue weighted by atomic mass is 9.93. The van der Waals surface area contributed by atoms with Gasteiger partial charge in [-0.25, -0.2) is 8.42 Å². The van der Waals surface area contributed by atoms with Gasteiger partial charge in [-0.2, -0.15) is 0 Å². The molecular weight excluding hydrogens is 208 g/mol. The molecule has 15 heavy (non-hydrogen) atoms. The van der Waals surface area contributed by atoms with E-state index in [1.54, 1.807) is 0 Å². The van der Waals surface area contributed by atoms with Gasteiger partial charge in [-0.1, -0.05) is 31.4 Å². The van der Waals surface area contributed by atoms with Crippen molar-refractivity contribution >= 4 is 9.84 Å². The summed E-state index contributed by atoms with van der Waals surface area (Å²) in [5.74, 6) is 1.03. The quantitative estimate of drug-likeness (QED) is 0.597. The van der Waals surface area contributed by atoms with Crippen molar-refractivity contribution in [3.63, 3.8) is 0 Å². The highest BCUT2D eigenvalue weighted by Gasteiger charge is 2.27. The Balaban J connectivity index is 2.26. The standard InChI is InChI=1S/C12H20O2S/c13-15(14)10-9-11-5-1-3-7-12(15)8-4-2-6-11/h1,3,11-12H,2,4-10H2/b3-1-. The summed E-state index contributed by atoms with van der Waals surface area (Å²) in [5, 5.41) is -0.0920. The van der Waals surface area contributed by atoms with Gasteiger partial charge in [0.05, 0.1) is 11.0 Å². The highest BCUT2D eigenvalue weighted by Crippen LogP contribution is 2.28. The Labute approximate surface area is 92.7 Å². The molecule has 2 nitrogen and oxygen atoms in total. The van der Waals surface area contributed by atoms with Gasteiger partial charge in [0.1, 0.15) is 0 Å². The Morgan fingerprint density at radius 2 is 1.67 bits per heavy atom. The third-order valence-corrected chi connectivity index (χ3v) is 5.99. The summed E-state index contributed by atoms with van der Waals surface area (Å²) >= 11 is 0. The second-order valence-corrected chi connectivity index (χ2v) is 7.27. The van der Waals surface area contributed by atoms with Crippen molar-refractivity contribution in [3.8, 4) is 0 Å². The number of rotatable bonds is 0. The fraction of sp³-hybridized carbons (Fsp3) is 0.833. The zero-order chi connectivity index (χ0) is 10.7. The Hall–Kier alpha value is -0.310. The van der Waals surface area contributed by atoms with Gasteiger partial charge in [-0.3, -0.25) is 0 Å². The molecular formula is C12H20O2S. The largest absolute Gasteiger partial charge is 0.229 e. The molecule has 0 aromatic heterocycles. The molecule has 0 radical (unpaired) electrons. The summed E-state index contributed by atoms with van der Waals surface area (Å²) in [5.41, 5.74) is 0. The van der Waals surface area contributed by atoms with E-state index in [0.717, 1.165) is 32.1 Å². The fourth-order valence-electron chi connectivity index (χ4n) is 2.66. The summed E-state index contributed by atoms with van der Waals surface area (Å²) < 4.78 is 24.1. The predicted molar refractivity (Wildman–Crippen MR) is 62.5 cm³/mol. The zero-order valence-corrected chi connectivity index (χ0v) is 10.0. The molecule has 2 heterocycles. The average Bonchev–Trinajstić information content (AvgIpc) is 2.32. The molecule has 2 rings (SSSR count). The number of fused-ring (bicyclic) bond motifs is 4. The lowest BCUT2D eigenvalue weighted by Gasteiger charge is -2.14. The molecule has 1 fully saturated rings. The van der Waals surface area contributed by atoms with Crippen LogP contribution in [0, 0.1) is 5.92 Å². The monoisotopic (exact) mass is 228 g/mol. The maximum atomic E-state index is 12.0. The van der Waals surface area contributed by atoms with E-state index in [2.05, 4.69) is 12.2 Å². The minimum absolute atomic E-state index is 0.0920. The van der Waals surface area contributed by atoms with Gasteiger partial charge in [0, 0.05) is 0 Å². The van der Waals surface area contributed by atoms with Crippen LogP contribution in [0.1, 0.15) is 44.9 Å². The van der Waals surface area contributed by atoms with Gasteiger partial charge in [-0.05, 0) is 31.6 Å². The van der Waals surface area contributed by atoms with Gasteiger partial charge in [0.15, 0.2) is 9.84 Å². The van der Waals surface area contributed by atoms with E-state index in [1.165, 1.54) is 12.8 Å². The summed E-state index contributed by atoms with van der Waals surface area (Å²) in [7, 11) is -2.81. The lowest BCUT2D eigenvalue weighted by Crippen LogP contribution is -2.23. The van der Waals surface area contributed by atoms with E-state index >= 15 is 0 Å². The zero-order valence-electron chi connectivity index (χ0n) is 9.19. The third-order valence-electron chi connectivity index (χ3n) is 3.74. The van der Waals surface area contributed by atoms with Crippen LogP contribution in [-0.4, -0.2) is 19.4 Å². The van der Waals surface area contributed by atoms with E-state index in [4.69, 9.17) is 0 Å². The van der Waals surface area contributed by atoms with Gasteiger partial charge in [0.2, 0.25) is 0 Å². The molecule has 86 valence electrons. The van der Waals surface area contributed by atoms with Crippen LogP contribution in [0.15, 0.2) is 12.2 Å². The average molecular weight is 228 g/mol.